The van der Waals surface area contributed by atoms with E-state index in [0.29, 0.717) is 5.69 Å². The highest BCUT2D eigenvalue weighted by molar-refractivity contribution is 5.97. The van der Waals surface area contributed by atoms with Crippen LogP contribution in [0.2, 0.25) is 0 Å². The van der Waals surface area contributed by atoms with Gasteiger partial charge in [0.15, 0.2) is 0 Å². The molecule has 17 heavy (non-hydrogen) atoms. The van der Waals surface area contributed by atoms with Crippen LogP contribution < -0.4 is 11.5 Å². The van der Waals surface area contributed by atoms with Gasteiger partial charge in [0.05, 0.1) is 16.9 Å². The fourth-order valence-corrected chi connectivity index (χ4v) is 1.67. The molecule has 1 rings (SSSR count). The summed E-state index contributed by atoms with van der Waals surface area (Å²) in [6, 6.07) is 3.25. The molecule has 0 heterocycles. The number of carboxylic acids is 1. The van der Waals surface area contributed by atoms with E-state index >= 15 is 0 Å². The van der Waals surface area contributed by atoms with Gasteiger partial charge in [-0.05, 0) is 45.1 Å². The second-order valence-electron chi connectivity index (χ2n) is 4.31. The van der Waals surface area contributed by atoms with Gasteiger partial charge < -0.3 is 21.5 Å². The van der Waals surface area contributed by atoms with E-state index < -0.39 is 5.97 Å². The van der Waals surface area contributed by atoms with E-state index in [9.17, 15) is 4.79 Å². The molecule has 5 heteroatoms. The van der Waals surface area contributed by atoms with Gasteiger partial charge in [-0.2, -0.15) is 0 Å². The number of hydrogen-bond acceptors (Lipinski definition) is 4. The van der Waals surface area contributed by atoms with Crippen molar-refractivity contribution in [2.75, 3.05) is 32.1 Å². The lowest BCUT2D eigenvalue weighted by atomic mass is 10.0. The predicted octanol–water partition coefficient (Wildman–Crippen LogP) is 1.04. The van der Waals surface area contributed by atoms with E-state index in [1.54, 1.807) is 6.07 Å². The Balaban J connectivity index is 2.82. The minimum absolute atomic E-state index is 0.0684. The SMILES string of the molecule is CN(C)CCCc1ccc(C(=O)O)c(N)c1N. The highest BCUT2D eigenvalue weighted by atomic mass is 16.4. The monoisotopic (exact) mass is 237 g/mol. The molecule has 0 radical (unpaired) electrons. The molecular weight excluding hydrogens is 218 g/mol. The number of hydrogen-bond donors (Lipinski definition) is 3. The lowest BCUT2D eigenvalue weighted by molar-refractivity contribution is 0.0698. The van der Waals surface area contributed by atoms with E-state index in [1.165, 1.54) is 6.07 Å². The average Bonchev–Trinajstić information content (AvgIpc) is 2.23. The standard InChI is InChI=1S/C12H19N3O2/c1-15(2)7-3-4-8-5-6-9(12(16)17)11(14)10(8)13/h5-6H,3-4,7,13-14H2,1-2H3,(H,16,17). The minimum Gasteiger partial charge on any atom is -0.478 e. The maximum atomic E-state index is 10.8. The Morgan fingerprint density at radius 3 is 2.47 bits per heavy atom. The molecule has 5 nitrogen and oxygen atoms in total. The summed E-state index contributed by atoms with van der Waals surface area (Å²) in [5.41, 5.74) is 13.1. The number of benzene rings is 1. The van der Waals surface area contributed by atoms with Crippen LogP contribution in [0, 0.1) is 0 Å². The van der Waals surface area contributed by atoms with Crippen LogP contribution in [0.25, 0.3) is 0 Å². The van der Waals surface area contributed by atoms with Crippen molar-refractivity contribution >= 4 is 17.3 Å². The van der Waals surface area contributed by atoms with Crippen LogP contribution in [0.4, 0.5) is 11.4 Å². The van der Waals surface area contributed by atoms with Gasteiger partial charge >= 0.3 is 5.97 Å². The van der Waals surface area contributed by atoms with E-state index in [2.05, 4.69) is 4.90 Å². The van der Waals surface area contributed by atoms with Crippen molar-refractivity contribution in [2.45, 2.75) is 12.8 Å². The number of aromatic carboxylic acids is 1. The van der Waals surface area contributed by atoms with Crippen LogP contribution in [0.5, 0.6) is 0 Å². The van der Waals surface area contributed by atoms with Gasteiger partial charge in [0.2, 0.25) is 0 Å². The first-order valence-corrected chi connectivity index (χ1v) is 5.48. The quantitative estimate of drug-likeness (QED) is 0.665. The maximum absolute atomic E-state index is 10.8. The topological polar surface area (TPSA) is 92.6 Å². The van der Waals surface area contributed by atoms with Crippen molar-refractivity contribution in [1.29, 1.82) is 0 Å². The van der Waals surface area contributed by atoms with Crippen LogP contribution >= 0.6 is 0 Å². The molecule has 0 saturated heterocycles. The number of nitrogens with zero attached hydrogens (tertiary/aromatic N) is 1. The third-order valence-corrected chi connectivity index (χ3v) is 2.66. The van der Waals surface area contributed by atoms with Gasteiger partial charge in [-0.15, -0.1) is 0 Å². The van der Waals surface area contributed by atoms with E-state index in [4.69, 9.17) is 16.6 Å². The smallest absolute Gasteiger partial charge is 0.337 e. The molecule has 0 spiro atoms. The van der Waals surface area contributed by atoms with Gasteiger partial charge in [-0.1, -0.05) is 6.07 Å². The summed E-state index contributed by atoms with van der Waals surface area (Å²) >= 11 is 0. The zero-order valence-corrected chi connectivity index (χ0v) is 10.2. The molecule has 1 aromatic carbocycles. The first kappa shape index (κ1) is 13.3. The molecule has 0 aliphatic carbocycles. The van der Waals surface area contributed by atoms with Crippen LogP contribution in [0.15, 0.2) is 12.1 Å². The zero-order chi connectivity index (χ0) is 13.0. The molecule has 0 atom stereocenters. The molecule has 0 amide bonds. The molecule has 0 aromatic heterocycles. The van der Waals surface area contributed by atoms with Crippen LogP contribution in [-0.4, -0.2) is 36.6 Å². The first-order valence-electron chi connectivity index (χ1n) is 5.48. The summed E-state index contributed by atoms with van der Waals surface area (Å²) in [6.07, 6.45) is 1.76. The largest absolute Gasteiger partial charge is 0.478 e. The third kappa shape index (κ3) is 3.35. The molecule has 0 aliphatic rings. The Morgan fingerprint density at radius 1 is 1.29 bits per heavy atom. The van der Waals surface area contributed by atoms with Crippen LogP contribution in [0.3, 0.4) is 0 Å². The van der Waals surface area contributed by atoms with E-state index in [0.717, 1.165) is 24.9 Å². The lowest BCUT2D eigenvalue weighted by Gasteiger charge is -2.12. The average molecular weight is 237 g/mol. The van der Waals surface area contributed by atoms with E-state index in [1.807, 2.05) is 14.1 Å². The molecule has 0 unspecified atom stereocenters. The molecule has 1 aromatic rings. The third-order valence-electron chi connectivity index (χ3n) is 2.66. The molecule has 5 N–H and O–H groups in total. The Kier molecular flexibility index (Phi) is 4.34. The van der Waals surface area contributed by atoms with Crippen LogP contribution in [0.1, 0.15) is 22.3 Å². The highest BCUT2D eigenvalue weighted by Crippen LogP contribution is 2.25. The fraction of sp³-hybridized carbons (Fsp3) is 0.417. The van der Waals surface area contributed by atoms with Crippen molar-refractivity contribution in [1.82, 2.24) is 4.90 Å². The number of rotatable bonds is 5. The van der Waals surface area contributed by atoms with Crippen molar-refractivity contribution in [3.05, 3.63) is 23.3 Å². The molecule has 0 aliphatic heterocycles. The van der Waals surface area contributed by atoms with Gasteiger partial charge in [0, 0.05) is 0 Å². The highest BCUT2D eigenvalue weighted by Gasteiger charge is 2.12. The second-order valence-corrected chi connectivity index (χ2v) is 4.31. The van der Waals surface area contributed by atoms with E-state index in [-0.39, 0.29) is 11.3 Å². The Labute approximate surface area is 101 Å². The van der Waals surface area contributed by atoms with Crippen molar-refractivity contribution in [2.24, 2.45) is 0 Å². The van der Waals surface area contributed by atoms with Gasteiger partial charge in [0.1, 0.15) is 0 Å². The Bertz CT molecular complexity index is 416. The first-order chi connectivity index (χ1) is 7.93. The van der Waals surface area contributed by atoms with Crippen molar-refractivity contribution in [3.8, 4) is 0 Å². The molecular formula is C12H19N3O2. The maximum Gasteiger partial charge on any atom is 0.337 e. The Hall–Kier alpha value is -1.75. The predicted molar refractivity (Wildman–Crippen MR) is 69.1 cm³/mol. The summed E-state index contributed by atoms with van der Waals surface area (Å²) in [5.74, 6) is -1.05. The van der Waals surface area contributed by atoms with Gasteiger partial charge in [-0.3, -0.25) is 0 Å². The number of anilines is 2. The summed E-state index contributed by atoms with van der Waals surface area (Å²) in [7, 11) is 4.01. The Morgan fingerprint density at radius 2 is 1.94 bits per heavy atom. The number of aryl methyl sites for hydroxylation is 1. The van der Waals surface area contributed by atoms with Crippen molar-refractivity contribution in [3.63, 3.8) is 0 Å². The molecule has 0 bridgehead atoms. The molecule has 94 valence electrons. The number of carboxylic acid groups (broad SMARTS) is 1. The second kappa shape index (κ2) is 5.54. The van der Waals surface area contributed by atoms with Gasteiger partial charge in [0.25, 0.3) is 0 Å². The minimum atomic E-state index is -1.05. The summed E-state index contributed by atoms with van der Waals surface area (Å²) in [4.78, 5) is 12.9. The van der Waals surface area contributed by atoms with Crippen molar-refractivity contribution < 1.29 is 9.90 Å². The molecule has 0 saturated carbocycles. The number of carbonyl (C=O) groups is 1. The summed E-state index contributed by atoms with van der Waals surface area (Å²) < 4.78 is 0. The number of nitrogen functional groups attached to an aromatic ring is 2. The normalized spacial score (nSPS) is 10.8. The molecule has 0 fully saturated rings. The summed E-state index contributed by atoms with van der Waals surface area (Å²) in [5, 5.41) is 8.89. The lowest BCUT2D eigenvalue weighted by Crippen LogP contribution is -2.14. The number of nitrogens with two attached hydrogens (primary N) is 2. The fourth-order valence-electron chi connectivity index (χ4n) is 1.67. The van der Waals surface area contributed by atoms with Gasteiger partial charge in [-0.25, -0.2) is 4.79 Å². The summed E-state index contributed by atoms with van der Waals surface area (Å²) in [6.45, 7) is 0.958. The zero-order valence-electron chi connectivity index (χ0n) is 10.2. The van der Waals surface area contributed by atoms with Crippen LogP contribution in [-0.2, 0) is 6.42 Å².